The van der Waals surface area contributed by atoms with Crippen LogP contribution in [0.4, 0.5) is 17.6 Å². The van der Waals surface area contributed by atoms with E-state index in [1.165, 1.54) is 12.1 Å². The third-order valence-corrected chi connectivity index (χ3v) is 17.6. The van der Waals surface area contributed by atoms with E-state index in [1.54, 1.807) is 43.3 Å². The van der Waals surface area contributed by atoms with Crippen molar-refractivity contribution in [2.75, 3.05) is 59.5 Å². The molecule has 2 amide bonds. The summed E-state index contributed by atoms with van der Waals surface area (Å²) in [5.41, 5.74) is 8.41. The molecule has 7 atom stereocenters. The number of nitrogens with two attached hydrogens (primary N) is 1. The Morgan fingerprint density at radius 1 is 1.11 bits per heavy atom. The van der Waals surface area contributed by atoms with E-state index >= 15 is 8.78 Å². The van der Waals surface area contributed by atoms with Crippen LogP contribution in [0.5, 0.6) is 5.88 Å². The van der Waals surface area contributed by atoms with E-state index in [9.17, 15) is 23.6 Å². The van der Waals surface area contributed by atoms with Crippen LogP contribution in [0.2, 0.25) is 0 Å². The predicted molar refractivity (Wildman–Crippen MR) is 315 cm³/mol. The molecular weight excluding hydrogens is 1100 g/mol. The Morgan fingerprint density at radius 2 is 1.79 bits per heavy atom. The van der Waals surface area contributed by atoms with E-state index < -0.39 is 40.5 Å². The summed E-state index contributed by atoms with van der Waals surface area (Å²) < 4.78 is 71.1. The van der Waals surface area contributed by atoms with Crippen molar-refractivity contribution in [3.8, 4) is 11.9 Å². The minimum atomic E-state index is -0.857. The highest BCUT2D eigenvalue weighted by Gasteiger charge is 2.41. The van der Waals surface area contributed by atoms with E-state index in [-0.39, 0.29) is 56.1 Å². The molecule has 15 nitrogen and oxygen atoms in total. The third-order valence-electron chi connectivity index (χ3n) is 16.2. The first-order valence-electron chi connectivity index (χ1n) is 27.7. The quantitative estimate of drug-likeness (QED) is 0.0408. The summed E-state index contributed by atoms with van der Waals surface area (Å²) in [6.45, 7) is 25.5. The molecule has 82 heavy (non-hydrogen) atoms. The molecule has 2 aromatic carbocycles. The number of hydrogen-bond acceptors (Lipinski definition) is 14. The van der Waals surface area contributed by atoms with Gasteiger partial charge >= 0.3 is 0 Å². The molecule has 5 aliphatic heterocycles. The van der Waals surface area contributed by atoms with Crippen molar-refractivity contribution in [3.05, 3.63) is 136 Å². The molecule has 0 saturated carbocycles. The van der Waals surface area contributed by atoms with Gasteiger partial charge in [-0.1, -0.05) is 75.9 Å². The van der Waals surface area contributed by atoms with Gasteiger partial charge in [0.1, 0.15) is 34.9 Å². The number of ether oxygens (including phenoxy) is 1. The molecule has 0 radical (unpaired) electrons. The largest absolute Gasteiger partial charge is 0.475 e. The van der Waals surface area contributed by atoms with Gasteiger partial charge in [0.15, 0.2) is 11.6 Å². The van der Waals surface area contributed by atoms with Gasteiger partial charge in [-0.2, -0.15) is 5.26 Å². The van der Waals surface area contributed by atoms with Crippen LogP contribution in [-0.4, -0.2) is 133 Å². The number of nitriles is 1. The minimum absolute atomic E-state index is 0.0481. The zero-order chi connectivity index (χ0) is 59.6. The number of nitrogens with one attached hydrogen (secondary N) is 2. The number of likely N-dealkylation sites (tertiary alicyclic amines) is 3. The summed E-state index contributed by atoms with van der Waals surface area (Å²) in [6, 6.07) is 13.9. The molecule has 9 rings (SSSR count). The van der Waals surface area contributed by atoms with Crippen LogP contribution in [0.3, 0.4) is 0 Å². The maximum atomic E-state index is 17.4. The molecule has 2 bridgehead atoms. The number of halogens is 5. The number of aliphatic hydroxyl groups is 1. The summed E-state index contributed by atoms with van der Waals surface area (Å²) in [6.07, 6.45) is 9.08. The molecule has 0 spiro atoms. The highest BCUT2D eigenvalue weighted by molar-refractivity contribution is 8.00. The van der Waals surface area contributed by atoms with Crippen LogP contribution >= 0.6 is 23.4 Å². The monoisotopic (exact) mass is 1170 g/mol. The zero-order valence-corrected chi connectivity index (χ0v) is 49.1. The predicted octanol–water partition coefficient (Wildman–Crippen LogP) is 10.8. The van der Waals surface area contributed by atoms with Gasteiger partial charge < -0.3 is 45.4 Å². The summed E-state index contributed by atoms with van der Waals surface area (Å²) >= 11 is 8.06. The van der Waals surface area contributed by atoms with Gasteiger partial charge in [-0.3, -0.25) is 14.6 Å². The number of hydrogen-bond donors (Lipinski definition) is 4. The second kappa shape index (κ2) is 28.3. The normalized spacial score (nSPS) is 24.2. The van der Waals surface area contributed by atoms with E-state index in [2.05, 4.69) is 70.4 Å². The van der Waals surface area contributed by atoms with Crippen LogP contribution in [0.1, 0.15) is 119 Å². The Bertz CT molecular complexity index is 3040. The Kier molecular flexibility index (Phi) is 21.8. The highest BCUT2D eigenvalue weighted by Crippen LogP contribution is 2.50. The first-order valence-corrected chi connectivity index (χ1v) is 29.0. The topological polar surface area (TPSA) is 198 Å². The number of fused-ring (bicyclic) bond motifs is 3. The molecule has 6 heterocycles. The van der Waals surface area contributed by atoms with Crippen molar-refractivity contribution in [2.45, 2.75) is 119 Å². The first kappa shape index (κ1) is 63.2. The summed E-state index contributed by atoms with van der Waals surface area (Å²) in [4.78, 5) is 39.9. The molecular formula is C61H75ClF4N10O5S. The number of aromatic nitrogens is 1. The van der Waals surface area contributed by atoms with Gasteiger partial charge in [-0.05, 0) is 124 Å². The van der Waals surface area contributed by atoms with E-state index in [4.69, 9.17) is 36.7 Å². The number of aliphatic hydroxyl groups excluding tert-OH is 1. The van der Waals surface area contributed by atoms with Crippen molar-refractivity contribution in [1.29, 1.82) is 5.26 Å². The molecule has 1 aliphatic carbocycles. The number of benzene rings is 2. The van der Waals surface area contributed by atoms with Crippen LogP contribution in [-0.2, 0) is 9.59 Å². The first-order chi connectivity index (χ1) is 39.3. The van der Waals surface area contributed by atoms with Gasteiger partial charge in [0.25, 0.3) is 5.88 Å². The number of carbonyl (C=O) groups is 2. The lowest BCUT2D eigenvalue weighted by Crippen LogP contribution is -2.50. The van der Waals surface area contributed by atoms with Crippen LogP contribution in [0.25, 0.3) is 11.1 Å². The third kappa shape index (κ3) is 14.2. The summed E-state index contributed by atoms with van der Waals surface area (Å²) in [5.74, 6) is -2.48. The molecule has 3 aromatic rings. The lowest BCUT2D eigenvalue weighted by atomic mass is 9.81. The number of rotatable bonds is 18. The second-order valence-electron chi connectivity index (χ2n) is 22.1. The van der Waals surface area contributed by atoms with E-state index in [1.807, 2.05) is 18.7 Å². The average molecular weight is 1170 g/mol. The van der Waals surface area contributed by atoms with Gasteiger partial charge in [-0.15, -0.1) is 11.8 Å². The minimum Gasteiger partial charge on any atom is -0.475 e. The number of aliphatic imine (C=N–C) groups is 2. The average Bonchev–Trinajstić information content (AvgIpc) is 4.39. The van der Waals surface area contributed by atoms with Gasteiger partial charge in [0.05, 0.1) is 47.2 Å². The van der Waals surface area contributed by atoms with Gasteiger partial charge in [-0.25, -0.2) is 22.6 Å². The molecule has 7 unspecified atom stereocenters. The maximum Gasteiger partial charge on any atom is 0.254 e. The highest BCUT2D eigenvalue weighted by atomic mass is 35.5. The van der Waals surface area contributed by atoms with Crippen molar-refractivity contribution in [3.63, 3.8) is 0 Å². The summed E-state index contributed by atoms with van der Waals surface area (Å²) in [7, 11) is 1.00. The van der Waals surface area contributed by atoms with Crippen molar-refractivity contribution < 1.29 is 41.5 Å². The number of carbonyl (C=O) groups excluding carboxylic acids is 2. The van der Waals surface area contributed by atoms with Gasteiger partial charge in [0, 0.05) is 78.9 Å². The fourth-order valence-electron chi connectivity index (χ4n) is 11.6. The van der Waals surface area contributed by atoms with Crippen molar-refractivity contribution in [1.82, 2.24) is 30.5 Å². The van der Waals surface area contributed by atoms with Crippen LogP contribution < -0.4 is 21.1 Å². The van der Waals surface area contributed by atoms with Gasteiger partial charge in [0.2, 0.25) is 12.3 Å². The molecule has 5 N–H and O–H groups in total. The van der Waals surface area contributed by atoms with Crippen molar-refractivity contribution >= 4 is 59.3 Å². The molecule has 1 aromatic heterocycles. The van der Waals surface area contributed by atoms with Crippen LogP contribution in [0, 0.1) is 28.5 Å². The van der Waals surface area contributed by atoms with Crippen LogP contribution in [0.15, 0.2) is 121 Å². The molecule has 4 fully saturated rings. The standard InChI is InChI=1S/C45H56ClF2N9O3S.C15H15F2NO.CH4O/c1-25(2)36(44(58)57-15-6-7-26(57)3)34-20-35(54-60-34)59-24-45(4)12-16-55(17-13-45)18-14-52-40-30(43(51-5)56-22-27-8-9-28(23-56)53-27)19-32(46)38(39(40)48)29-10-11-33(47)41-37(29)31(21-49)42(50)61-41;1-4-14(17)15(10(2)16)13-7-5-12(6-8-13)11(3)18-9-19;1-2/h10-11,19-20,25-28,31,36,42,53H,5-9,12-18,22-24,50H2,1-4H3;4-9,11H,1-2H2,3H3,(H,18,19);2H,1H3/b43-30+,52-40?;15-14-;. The smallest absolute Gasteiger partial charge is 0.254 e. The Labute approximate surface area is 487 Å². The molecule has 6 aliphatic rings. The SMILES string of the molecule is C=C/C(F)=C(\C(=C)F)c1ccc(C(C)NC=O)cc1.C=N/C(=C1/C=C(Cl)C(c2ccc(F)c3c2C(C#N)C(N)S3)=C(F)C1=NCCN1CCC(C)(COc2cc(C(C(=O)N3CCCC3C)C(C)C)on2)CC1)N1CC2CCC(C1)N2.CO. The Balaban J connectivity index is 0.000000391. The maximum absolute atomic E-state index is 17.4. The van der Waals surface area contributed by atoms with E-state index in [0.717, 1.165) is 88.7 Å². The number of thioether (sulfide) groups is 1. The lowest BCUT2D eigenvalue weighted by Gasteiger charge is -2.38. The number of amides is 2. The lowest BCUT2D eigenvalue weighted by molar-refractivity contribution is -0.135. The Morgan fingerprint density at radius 3 is 2.38 bits per heavy atom. The molecule has 21 heteroatoms. The fraction of sp³-hybridized carbons (Fsp3) is 0.475. The second-order valence-corrected chi connectivity index (χ2v) is 23.7. The number of allylic oxidation sites excluding steroid dienone is 9. The number of piperazine rings is 1. The number of piperidine rings is 1. The molecule has 440 valence electrons. The molecule has 4 saturated heterocycles. The van der Waals surface area contributed by atoms with Crippen molar-refractivity contribution in [2.24, 2.45) is 27.1 Å². The Hall–Kier alpha value is -6.34. The zero-order valence-electron chi connectivity index (χ0n) is 47.5. The summed E-state index contributed by atoms with van der Waals surface area (Å²) in [5, 5.41) is 26.9. The fourth-order valence-corrected chi connectivity index (χ4v) is 13.0. The van der Waals surface area contributed by atoms with E-state index in [0.29, 0.717) is 91.0 Å². The number of nitrogens with zero attached hydrogens (tertiary/aromatic N) is 7.